The summed E-state index contributed by atoms with van der Waals surface area (Å²) in [5.74, 6) is 2.69. The Morgan fingerprint density at radius 1 is 1.29 bits per heavy atom. The summed E-state index contributed by atoms with van der Waals surface area (Å²) in [5.41, 5.74) is 0. The summed E-state index contributed by atoms with van der Waals surface area (Å²) in [5, 5.41) is 3.43. The highest BCUT2D eigenvalue weighted by Gasteiger charge is 2.17. The summed E-state index contributed by atoms with van der Waals surface area (Å²) in [6, 6.07) is 0.550. The molecule has 0 aromatic heterocycles. The molecule has 0 aliphatic carbocycles. The van der Waals surface area contributed by atoms with Gasteiger partial charge < -0.3 is 10.2 Å². The number of rotatable bonds is 7. The van der Waals surface area contributed by atoms with Gasteiger partial charge in [-0.3, -0.25) is 4.79 Å². The molecule has 0 radical (unpaired) electrons. The first-order valence-corrected chi connectivity index (χ1v) is 7.84. The lowest BCUT2D eigenvalue weighted by Gasteiger charge is -2.17. The van der Waals surface area contributed by atoms with Crippen LogP contribution in [0.2, 0.25) is 0 Å². The van der Waals surface area contributed by atoms with Crippen LogP contribution in [0.4, 0.5) is 0 Å². The highest BCUT2D eigenvalue weighted by Crippen LogP contribution is 2.12. The van der Waals surface area contributed by atoms with E-state index in [1.165, 1.54) is 12.8 Å². The van der Waals surface area contributed by atoms with Crippen LogP contribution >= 0.6 is 11.8 Å². The van der Waals surface area contributed by atoms with Crippen molar-refractivity contribution in [3.63, 3.8) is 0 Å². The quantitative estimate of drug-likeness (QED) is 0.758. The Kier molecular flexibility index (Phi) is 6.97. The Labute approximate surface area is 110 Å². The van der Waals surface area contributed by atoms with Gasteiger partial charge in [-0.15, -0.1) is 0 Å². The molecule has 0 spiro atoms. The van der Waals surface area contributed by atoms with Crippen LogP contribution in [0.1, 0.15) is 33.6 Å². The van der Waals surface area contributed by atoms with E-state index in [0.717, 1.165) is 25.4 Å². The van der Waals surface area contributed by atoms with Crippen LogP contribution in [-0.2, 0) is 4.79 Å². The van der Waals surface area contributed by atoms with Crippen molar-refractivity contribution in [1.82, 2.24) is 10.2 Å². The summed E-state index contributed by atoms with van der Waals surface area (Å²) in [6.45, 7) is 9.56. The van der Waals surface area contributed by atoms with Gasteiger partial charge in [0.2, 0.25) is 5.91 Å². The topological polar surface area (TPSA) is 32.3 Å². The summed E-state index contributed by atoms with van der Waals surface area (Å²) >= 11 is 1.78. The Morgan fingerprint density at radius 2 is 1.94 bits per heavy atom. The number of hydrogen-bond acceptors (Lipinski definition) is 3. The van der Waals surface area contributed by atoms with Crippen molar-refractivity contribution in [3.05, 3.63) is 0 Å². The molecule has 17 heavy (non-hydrogen) atoms. The minimum atomic E-state index is 0.330. The molecule has 0 bridgehead atoms. The van der Waals surface area contributed by atoms with E-state index in [0.29, 0.717) is 23.6 Å². The van der Waals surface area contributed by atoms with Gasteiger partial charge in [0.25, 0.3) is 0 Å². The third-order valence-electron chi connectivity index (χ3n) is 2.96. The van der Waals surface area contributed by atoms with Crippen LogP contribution < -0.4 is 5.32 Å². The lowest BCUT2D eigenvalue weighted by molar-refractivity contribution is -0.127. The van der Waals surface area contributed by atoms with E-state index in [1.54, 1.807) is 11.8 Å². The molecule has 1 amide bonds. The van der Waals surface area contributed by atoms with Crippen molar-refractivity contribution in [1.29, 1.82) is 0 Å². The van der Waals surface area contributed by atoms with Gasteiger partial charge in [0, 0.05) is 19.1 Å². The van der Waals surface area contributed by atoms with E-state index < -0.39 is 0 Å². The number of amides is 1. The smallest absolute Gasteiger partial charge is 0.232 e. The summed E-state index contributed by atoms with van der Waals surface area (Å²) in [7, 11) is 0. The first-order chi connectivity index (χ1) is 8.09. The molecule has 1 heterocycles. The molecule has 1 rings (SSSR count). The fraction of sp³-hybridized carbons (Fsp3) is 0.923. The van der Waals surface area contributed by atoms with E-state index in [4.69, 9.17) is 0 Å². The molecule has 3 nitrogen and oxygen atoms in total. The maximum absolute atomic E-state index is 11.8. The minimum absolute atomic E-state index is 0.330. The zero-order chi connectivity index (χ0) is 12.7. The Balaban J connectivity index is 2.04. The normalized spacial score (nSPS) is 17.8. The van der Waals surface area contributed by atoms with Crippen LogP contribution in [0.5, 0.6) is 0 Å². The second kappa shape index (κ2) is 7.98. The molecule has 1 saturated heterocycles. The number of likely N-dealkylation sites (tertiary alicyclic amines) is 1. The zero-order valence-corrected chi connectivity index (χ0v) is 12.2. The Morgan fingerprint density at radius 3 is 2.53 bits per heavy atom. The molecule has 1 atom stereocenters. The highest BCUT2D eigenvalue weighted by molar-refractivity contribution is 7.99. The Bertz CT molecular complexity index is 227. The van der Waals surface area contributed by atoms with Crippen LogP contribution in [0.25, 0.3) is 0 Å². The molecule has 0 saturated carbocycles. The van der Waals surface area contributed by atoms with Gasteiger partial charge in [-0.05, 0) is 31.1 Å². The molecule has 1 aliphatic rings. The number of nitrogens with one attached hydrogen (secondary N) is 1. The molecule has 4 heteroatoms. The van der Waals surface area contributed by atoms with Gasteiger partial charge in [-0.2, -0.15) is 11.8 Å². The summed E-state index contributed by atoms with van der Waals surface area (Å²) in [4.78, 5) is 13.8. The number of hydrogen-bond donors (Lipinski definition) is 1. The summed E-state index contributed by atoms with van der Waals surface area (Å²) < 4.78 is 0. The van der Waals surface area contributed by atoms with Crippen molar-refractivity contribution in [3.8, 4) is 0 Å². The van der Waals surface area contributed by atoms with Gasteiger partial charge in [0.1, 0.15) is 0 Å². The highest BCUT2D eigenvalue weighted by atomic mass is 32.2. The van der Waals surface area contributed by atoms with Gasteiger partial charge in [-0.25, -0.2) is 0 Å². The SMILES string of the molecule is CC(CNC(C)C)CSCC(=O)N1CCCC1. The van der Waals surface area contributed by atoms with Crippen LogP contribution in [0, 0.1) is 5.92 Å². The first-order valence-electron chi connectivity index (χ1n) is 6.68. The Hall–Kier alpha value is -0.220. The number of carbonyl (C=O) groups is 1. The third-order valence-corrected chi connectivity index (χ3v) is 4.22. The average Bonchev–Trinajstić information content (AvgIpc) is 2.79. The van der Waals surface area contributed by atoms with Crippen molar-refractivity contribution in [2.75, 3.05) is 31.1 Å². The third kappa shape index (κ3) is 6.32. The van der Waals surface area contributed by atoms with Crippen molar-refractivity contribution in [2.24, 2.45) is 5.92 Å². The van der Waals surface area contributed by atoms with E-state index >= 15 is 0 Å². The van der Waals surface area contributed by atoms with Gasteiger partial charge in [0.05, 0.1) is 5.75 Å². The monoisotopic (exact) mass is 258 g/mol. The summed E-state index contributed by atoms with van der Waals surface area (Å²) in [6.07, 6.45) is 2.37. The molecule has 1 fully saturated rings. The molecule has 1 unspecified atom stereocenters. The number of thioether (sulfide) groups is 1. The molecule has 0 aromatic carbocycles. The van der Waals surface area contributed by atoms with Crippen LogP contribution in [-0.4, -0.2) is 48.0 Å². The second-order valence-electron chi connectivity index (χ2n) is 5.27. The first kappa shape index (κ1) is 14.8. The standard InChI is InChI=1S/C13H26N2OS/c1-11(2)14-8-12(3)9-17-10-13(16)15-6-4-5-7-15/h11-12,14H,4-10H2,1-3H3. The van der Waals surface area contributed by atoms with Crippen LogP contribution in [0.3, 0.4) is 0 Å². The molecule has 1 N–H and O–H groups in total. The second-order valence-corrected chi connectivity index (χ2v) is 6.30. The van der Waals surface area contributed by atoms with E-state index in [9.17, 15) is 4.79 Å². The largest absolute Gasteiger partial charge is 0.342 e. The minimum Gasteiger partial charge on any atom is -0.342 e. The van der Waals surface area contributed by atoms with Crippen molar-refractivity contribution < 1.29 is 4.79 Å². The average molecular weight is 258 g/mol. The molecule has 100 valence electrons. The molecular formula is C13H26N2OS. The fourth-order valence-corrected chi connectivity index (χ4v) is 2.90. The lowest BCUT2D eigenvalue weighted by Crippen LogP contribution is -2.30. The predicted molar refractivity (Wildman–Crippen MR) is 75.4 cm³/mol. The van der Waals surface area contributed by atoms with Gasteiger partial charge >= 0.3 is 0 Å². The fourth-order valence-electron chi connectivity index (χ4n) is 1.90. The number of carbonyl (C=O) groups excluding carboxylic acids is 1. The van der Waals surface area contributed by atoms with E-state index in [-0.39, 0.29) is 0 Å². The molecule has 0 aromatic rings. The molecular weight excluding hydrogens is 232 g/mol. The molecule has 1 aliphatic heterocycles. The van der Waals surface area contributed by atoms with Crippen molar-refractivity contribution >= 4 is 17.7 Å². The zero-order valence-electron chi connectivity index (χ0n) is 11.4. The number of nitrogens with zero attached hydrogens (tertiary/aromatic N) is 1. The maximum atomic E-state index is 11.8. The van der Waals surface area contributed by atoms with Gasteiger partial charge in [0.15, 0.2) is 0 Å². The van der Waals surface area contributed by atoms with Crippen LogP contribution in [0.15, 0.2) is 0 Å². The van der Waals surface area contributed by atoms with E-state index in [1.807, 2.05) is 4.90 Å². The lowest BCUT2D eigenvalue weighted by atomic mass is 10.2. The predicted octanol–water partition coefficient (Wildman–Crippen LogP) is 1.98. The van der Waals surface area contributed by atoms with E-state index in [2.05, 4.69) is 26.1 Å². The maximum Gasteiger partial charge on any atom is 0.232 e. The van der Waals surface area contributed by atoms with Gasteiger partial charge in [-0.1, -0.05) is 20.8 Å². The van der Waals surface area contributed by atoms with Crippen molar-refractivity contribution in [2.45, 2.75) is 39.7 Å².